The number of nitrogens with zero attached hydrogens (tertiary/aromatic N) is 2. The zero-order chi connectivity index (χ0) is 21.9. The van der Waals surface area contributed by atoms with E-state index in [9.17, 15) is 14.4 Å². The number of hydrogen-bond acceptors (Lipinski definition) is 4. The highest BCUT2D eigenvalue weighted by Crippen LogP contribution is 2.29. The first-order valence-corrected chi connectivity index (χ1v) is 10.8. The molecule has 0 aromatic heterocycles. The van der Waals surface area contributed by atoms with Gasteiger partial charge in [-0.15, -0.1) is 0 Å². The standard InChI is InChI=1S/C23H33N3O4/c1-5-30-19-9-7-6-8-18(19)24-21(28)16-10-12-25(13-11-16)22(29)17-14-20(27)26(15-17)23(2,3)4/h6-9,16-17H,5,10-15H2,1-4H3,(H,24,28). The summed E-state index contributed by atoms with van der Waals surface area (Å²) >= 11 is 0. The zero-order valence-corrected chi connectivity index (χ0v) is 18.4. The van der Waals surface area contributed by atoms with Crippen LogP contribution in [0.15, 0.2) is 24.3 Å². The van der Waals surface area contributed by atoms with Crippen molar-refractivity contribution in [3.05, 3.63) is 24.3 Å². The van der Waals surface area contributed by atoms with Crippen LogP contribution < -0.4 is 10.1 Å². The summed E-state index contributed by atoms with van der Waals surface area (Å²) in [5.41, 5.74) is 0.407. The molecule has 7 heteroatoms. The first kappa shape index (κ1) is 22.1. The van der Waals surface area contributed by atoms with E-state index < -0.39 is 0 Å². The number of para-hydroxylation sites is 2. The van der Waals surface area contributed by atoms with E-state index in [2.05, 4.69) is 5.32 Å². The minimum Gasteiger partial charge on any atom is -0.492 e. The second-order valence-corrected chi connectivity index (χ2v) is 9.09. The molecule has 2 fully saturated rings. The van der Waals surface area contributed by atoms with Crippen molar-refractivity contribution in [1.29, 1.82) is 0 Å². The number of likely N-dealkylation sites (tertiary alicyclic amines) is 2. The van der Waals surface area contributed by atoms with Gasteiger partial charge in [-0.2, -0.15) is 0 Å². The Labute approximate surface area is 178 Å². The molecule has 2 saturated heterocycles. The van der Waals surface area contributed by atoms with Gasteiger partial charge in [-0.25, -0.2) is 0 Å². The van der Waals surface area contributed by atoms with E-state index in [0.29, 0.717) is 50.5 Å². The minimum absolute atomic E-state index is 0.0376. The van der Waals surface area contributed by atoms with E-state index in [-0.39, 0.29) is 41.5 Å². The number of benzene rings is 1. The van der Waals surface area contributed by atoms with Crippen molar-refractivity contribution in [3.8, 4) is 5.75 Å². The molecular weight excluding hydrogens is 382 g/mol. The van der Waals surface area contributed by atoms with Crippen LogP contribution in [-0.2, 0) is 14.4 Å². The molecule has 0 spiro atoms. The summed E-state index contributed by atoms with van der Waals surface area (Å²) in [6.45, 7) is 9.99. The summed E-state index contributed by atoms with van der Waals surface area (Å²) in [6.07, 6.45) is 1.53. The summed E-state index contributed by atoms with van der Waals surface area (Å²) in [6, 6.07) is 7.41. The number of carbonyl (C=O) groups excluding carboxylic acids is 3. The largest absolute Gasteiger partial charge is 0.492 e. The summed E-state index contributed by atoms with van der Waals surface area (Å²) in [7, 11) is 0. The maximum absolute atomic E-state index is 12.9. The first-order chi connectivity index (χ1) is 14.2. The number of piperidine rings is 1. The lowest BCUT2D eigenvalue weighted by Crippen LogP contribution is -2.46. The van der Waals surface area contributed by atoms with Gasteiger partial charge in [0, 0.05) is 37.5 Å². The smallest absolute Gasteiger partial charge is 0.227 e. The van der Waals surface area contributed by atoms with Gasteiger partial charge in [-0.1, -0.05) is 12.1 Å². The van der Waals surface area contributed by atoms with Gasteiger partial charge < -0.3 is 19.9 Å². The molecule has 7 nitrogen and oxygen atoms in total. The van der Waals surface area contributed by atoms with Crippen molar-refractivity contribution >= 4 is 23.4 Å². The molecule has 0 bridgehead atoms. The molecule has 3 amide bonds. The molecule has 1 N–H and O–H groups in total. The van der Waals surface area contributed by atoms with Crippen LogP contribution in [0.4, 0.5) is 5.69 Å². The summed E-state index contributed by atoms with van der Waals surface area (Å²) in [5, 5.41) is 2.97. The Morgan fingerprint density at radius 3 is 2.40 bits per heavy atom. The van der Waals surface area contributed by atoms with Crippen molar-refractivity contribution in [2.45, 2.75) is 52.5 Å². The van der Waals surface area contributed by atoms with Gasteiger partial charge >= 0.3 is 0 Å². The number of ether oxygens (including phenoxy) is 1. The van der Waals surface area contributed by atoms with Gasteiger partial charge in [0.1, 0.15) is 5.75 Å². The number of amides is 3. The highest BCUT2D eigenvalue weighted by molar-refractivity contribution is 5.94. The lowest BCUT2D eigenvalue weighted by molar-refractivity contribution is -0.138. The van der Waals surface area contributed by atoms with Crippen LogP contribution in [-0.4, -0.2) is 59.3 Å². The Morgan fingerprint density at radius 1 is 1.13 bits per heavy atom. The summed E-state index contributed by atoms with van der Waals surface area (Å²) < 4.78 is 5.57. The Morgan fingerprint density at radius 2 is 1.80 bits per heavy atom. The quantitative estimate of drug-likeness (QED) is 0.802. The second-order valence-electron chi connectivity index (χ2n) is 9.09. The fraction of sp³-hybridized carbons (Fsp3) is 0.609. The van der Waals surface area contributed by atoms with Crippen LogP contribution >= 0.6 is 0 Å². The second kappa shape index (κ2) is 9.06. The van der Waals surface area contributed by atoms with Crippen LogP contribution in [0.25, 0.3) is 0 Å². The van der Waals surface area contributed by atoms with Crippen LogP contribution in [0.1, 0.15) is 47.0 Å². The molecule has 2 aliphatic heterocycles. The van der Waals surface area contributed by atoms with Gasteiger partial charge in [0.05, 0.1) is 18.2 Å². The molecule has 0 aliphatic carbocycles. The van der Waals surface area contributed by atoms with Crippen LogP contribution in [0.2, 0.25) is 0 Å². The fourth-order valence-electron chi connectivity index (χ4n) is 4.23. The molecule has 1 aromatic rings. The van der Waals surface area contributed by atoms with Gasteiger partial charge in [-0.3, -0.25) is 14.4 Å². The van der Waals surface area contributed by atoms with E-state index in [0.717, 1.165) is 0 Å². The highest BCUT2D eigenvalue weighted by atomic mass is 16.5. The molecule has 1 unspecified atom stereocenters. The highest BCUT2D eigenvalue weighted by Gasteiger charge is 2.41. The minimum atomic E-state index is -0.278. The molecule has 0 radical (unpaired) electrons. The SMILES string of the molecule is CCOc1ccccc1NC(=O)C1CCN(C(=O)C2CC(=O)N(C(C)(C)C)C2)CC1. The Bertz CT molecular complexity index is 794. The van der Waals surface area contributed by atoms with Crippen molar-refractivity contribution in [3.63, 3.8) is 0 Å². The molecule has 30 heavy (non-hydrogen) atoms. The lowest BCUT2D eigenvalue weighted by atomic mass is 9.94. The fourth-order valence-corrected chi connectivity index (χ4v) is 4.23. The maximum atomic E-state index is 12.9. The molecule has 2 aliphatic rings. The normalized spacial score (nSPS) is 20.4. The number of rotatable bonds is 5. The number of nitrogens with one attached hydrogen (secondary N) is 1. The van der Waals surface area contributed by atoms with E-state index in [1.165, 1.54) is 0 Å². The van der Waals surface area contributed by atoms with E-state index >= 15 is 0 Å². The lowest BCUT2D eigenvalue weighted by Gasteiger charge is -2.34. The third-order valence-electron chi connectivity index (χ3n) is 5.91. The van der Waals surface area contributed by atoms with Crippen LogP contribution in [0.5, 0.6) is 5.75 Å². The molecule has 0 saturated carbocycles. The monoisotopic (exact) mass is 415 g/mol. The molecule has 1 aromatic carbocycles. The predicted molar refractivity (Wildman–Crippen MR) is 115 cm³/mol. The van der Waals surface area contributed by atoms with Crippen LogP contribution in [0.3, 0.4) is 0 Å². The average molecular weight is 416 g/mol. The molecule has 1 atom stereocenters. The summed E-state index contributed by atoms with van der Waals surface area (Å²) in [5.74, 6) is 0.290. The molecular formula is C23H33N3O4. The van der Waals surface area contributed by atoms with Crippen LogP contribution in [0, 0.1) is 11.8 Å². The zero-order valence-electron chi connectivity index (χ0n) is 18.4. The van der Waals surface area contributed by atoms with Crippen molar-refractivity contribution in [1.82, 2.24) is 9.80 Å². The third-order valence-corrected chi connectivity index (χ3v) is 5.91. The van der Waals surface area contributed by atoms with Crippen molar-refractivity contribution in [2.24, 2.45) is 11.8 Å². The van der Waals surface area contributed by atoms with E-state index in [1.54, 1.807) is 4.90 Å². The molecule has 164 valence electrons. The number of hydrogen-bond donors (Lipinski definition) is 1. The van der Waals surface area contributed by atoms with Gasteiger partial charge in [-0.05, 0) is 52.7 Å². The van der Waals surface area contributed by atoms with Gasteiger partial charge in [0.2, 0.25) is 17.7 Å². The Kier molecular flexibility index (Phi) is 6.68. The Balaban J connectivity index is 1.53. The van der Waals surface area contributed by atoms with Gasteiger partial charge in [0.25, 0.3) is 0 Å². The number of anilines is 1. The molecule has 3 rings (SSSR count). The average Bonchev–Trinajstić information content (AvgIpc) is 3.11. The summed E-state index contributed by atoms with van der Waals surface area (Å²) in [4.78, 5) is 41.6. The topological polar surface area (TPSA) is 79.0 Å². The first-order valence-electron chi connectivity index (χ1n) is 10.8. The van der Waals surface area contributed by atoms with Crippen molar-refractivity contribution < 1.29 is 19.1 Å². The van der Waals surface area contributed by atoms with E-state index in [1.807, 2.05) is 56.9 Å². The molecule has 2 heterocycles. The van der Waals surface area contributed by atoms with E-state index in [4.69, 9.17) is 4.74 Å². The van der Waals surface area contributed by atoms with Gasteiger partial charge in [0.15, 0.2) is 0 Å². The third kappa shape index (κ3) is 4.94. The van der Waals surface area contributed by atoms with Crippen molar-refractivity contribution in [2.75, 3.05) is 31.6 Å². The predicted octanol–water partition coefficient (Wildman–Crippen LogP) is 2.91. The maximum Gasteiger partial charge on any atom is 0.227 e. The number of carbonyl (C=O) groups is 3. The Hall–Kier alpha value is -2.57.